The number of ether oxygens (including phenoxy) is 1. The minimum Gasteiger partial charge on any atom is -0.493 e. The fraction of sp³-hybridized carbons (Fsp3) is 0.625. The van der Waals surface area contributed by atoms with E-state index in [1.807, 2.05) is 0 Å². The van der Waals surface area contributed by atoms with Crippen molar-refractivity contribution in [3.8, 4) is 5.75 Å². The van der Waals surface area contributed by atoms with E-state index in [4.69, 9.17) is 4.74 Å². The highest BCUT2D eigenvalue weighted by atomic mass is 79.9. The predicted octanol–water partition coefficient (Wildman–Crippen LogP) is 4.27. The molecule has 2 unspecified atom stereocenters. The van der Waals surface area contributed by atoms with Gasteiger partial charge in [0.1, 0.15) is 5.75 Å². The molecule has 2 atom stereocenters. The smallest absolute Gasteiger partial charge is 0.127 e. The van der Waals surface area contributed by atoms with Gasteiger partial charge >= 0.3 is 0 Å². The van der Waals surface area contributed by atoms with E-state index in [0.29, 0.717) is 0 Å². The lowest BCUT2D eigenvalue weighted by Crippen LogP contribution is -2.42. The lowest BCUT2D eigenvalue weighted by Gasteiger charge is -2.37. The molecule has 0 spiro atoms. The van der Waals surface area contributed by atoms with Crippen molar-refractivity contribution in [2.24, 2.45) is 0 Å². The molecular formula is C16H19Br2NO. The SMILES string of the molecule is Brc1cc2c(c(CN3C4CCC3CC(Br)C4)c1)OCC2. The maximum absolute atomic E-state index is 5.88. The van der Waals surface area contributed by atoms with Crippen LogP contribution < -0.4 is 4.74 Å². The van der Waals surface area contributed by atoms with E-state index >= 15 is 0 Å². The zero-order valence-electron chi connectivity index (χ0n) is 11.4. The second-order valence-corrected chi connectivity index (χ2v) is 8.49. The van der Waals surface area contributed by atoms with E-state index in [1.54, 1.807) is 0 Å². The van der Waals surface area contributed by atoms with Crippen LogP contribution >= 0.6 is 31.9 Å². The maximum atomic E-state index is 5.88. The van der Waals surface area contributed by atoms with Crippen LogP contribution in [0.25, 0.3) is 0 Å². The summed E-state index contributed by atoms with van der Waals surface area (Å²) in [5, 5.41) is 0. The van der Waals surface area contributed by atoms with Crippen molar-refractivity contribution in [3.63, 3.8) is 0 Å². The number of hydrogen-bond donors (Lipinski definition) is 0. The van der Waals surface area contributed by atoms with Gasteiger partial charge in [0, 0.05) is 39.9 Å². The van der Waals surface area contributed by atoms with E-state index in [9.17, 15) is 0 Å². The van der Waals surface area contributed by atoms with Gasteiger partial charge in [-0.2, -0.15) is 0 Å². The van der Waals surface area contributed by atoms with Gasteiger partial charge in [-0.1, -0.05) is 31.9 Å². The van der Waals surface area contributed by atoms with Gasteiger partial charge in [-0.3, -0.25) is 4.90 Å². The van der Waals surface area contributed by atoms with Crippen molar-refractivity contribution in [2.45, 2.75) is 55.6 Å². The van der Waals surface area contributed by atoms with E-state index in [2.05, 4.69) is 48.9 Å². The molecule has 2 fully saturated rings. The molecule has 0 aliphatic carbocycles. The normalized spacial score (nSPS) is 32.2. The van der Waals surface area contributed by atoms with Crippen LogP contribution in [0, 0.1) is 0 Å². The van der Waals surface area contributed by atoms with Gasteiger partial charge < -0.3 is 4.74 Å². The second-order valence-electron chi connectivity index (χ2n) is 6.28. The van der Waals surface area contributed by atoms with Gasteiger partial charge in [-0.25, -0.2) is 0 Å². The molecule has 1 aromatic carbocycles. The van der Waals surface area contributed by atoms with E-state index in [-0.39, 0.29) is 0 Å². The minimum absolute atomic E-state index is 0.723. The number of alkyl halides is 1. The summed E-state index contributed by atoms with van der Waals surface area (Å²) >= 11 is 7.48. The summed E-state index contributed by atoms with van der Waals surface area (Å²) in [6.45, 7) is 1.89. The third-order valence-corrected chi connectivity index (χ3v) is 6.21. The molecule has 3 aliphatic heterocycles. The van der Waals surface area contributed by atoms with Crippen molar-refractivity contribution in [3.05, 3.63) is 27.7 Å². The van der Waals surface area contributed by atoms with Crippen LogP contribution in [0.4, 0.5) is 0 Å². The van der Waals surface area contributed by atoms with Gasteiger partial charge in [-0.05, 0) is 43.4 Å². The minimum atomic E-state index is 0.723. The molecule has 0 radical (unpaired) electrons. The molecule has 108 valence electrons. The van der Waals surface area contributed by atoms with Crippen molar-refractivity contribution >= 4 is 31.9 Å². The van der Waals surface area contributed by atoms with E-state index in [0.717, 1.165) is 42.2 Å². The summed E-state index contributed by atoms with van der Waals surface area (Å²) in [6.07, 6.45) is 6.38. The highest BCUT2D eigenvalue weighted by Crippen LogP contribution is 2.41. The highest BCUT2D eigenvalue weighted by Gasteiger charge is 2.40. The van der Waals surface area contributed by atoms with Crippen LogP contribution in [0.1, 0.15) is 36.8 Å². The first kappa shape index (κ1) is 13.6. The summed E-state index contributed by atoms with van der Waals surface area (Å²) in [7, 11) is 0. The zero-order chi connectivity index (χ0) is 13.7. The van der Waals surface area contributed by atoms with Crippen LogP contribution in [-0.4, -0.2) is 28.4 Å². The third-order valence-electron chi connectivity index (χ3n) is 5.01. The number of rotatable bonds is 2. The number of fused-ring (bicyclic) bond motifs is 3. The molecule has 2 nitrogen and oxygen atoms in total. The molecule has 2 saturated heterocycles. The van der Waals surface area contributed by atoms with Crippen LogP contribution in [0.15, 0.2) is 16.6 Å². The van der Waals surface area contributed by atoms with Crippen LogP contribution in [0.2, 0.25) is 0 Å². The molecule has 4 heteroatoms. The average molecular weight is 401 g/mol. The Bertz CT molecular complexity index is 519. The van der Waals surface area contributed by atoms with Crippen LogP contribution in [-0.2, 0) is 13.0 Å². The standard InChI is InChI=1S/C16H19Br2NO/c17-12-5-10-3-4-20-16(10)11(6-12)9-19-14-1-2-15(19)8-13(18)7-14/h5-6,13-15H,1-4,7-9H2. The van der Waals surface area contributed by atoms with Crippen molar-refractivity contribution in [1.29, 1.82) is 0 Å². The molecule has 2 bridgehead atoms. The van der Waals surface area contributed by atoms with Gasteiger partial charge in [0.15, 0.2) is 0 Å². The molecular weight excluding hydrogens is 382 g/mol. The lowest BCUT2D eigenvalue weighted by molar-refractivity contribution is 0.135. The van der Waals surface area contributed by atoms with Crippen LogP contribution in [0.3, 0.4) is 0 Å². The topological polar surface area (TPSA) is 12.5 Å². The predicted molar refractivity (Wildman–Crippen MR) is 87.6 cm³/mol. The summed E-state index contributed by atoms with van der Waals surface area (Å²) in [5.74, 6) is 1.16. The molecule has 1 aromatic rings. The summed E-state index contributed by atoms with van der Waals surface area (Å²) in [6, 6.07) is 5.98. The Labute approximate surface area is 137 Å². The quantitative estimate of drug-likeness (QED) is 0.687. The average Bonchev–Trinajstić information content (AvgIpc) is 2.94. The zero-order valence-corrected chi connectivity index (χ0v) is 14.6. The van der Waals surface area contributed by atoms with Crippen molar-refractivity contribution in [2.75, 3.05) is 6.61 Å². The fourth-order valence-electron chi connectivity index (χ4n) is 4.13. The number of benzene rings is 1. The summed E-state index contributed by atoms with van der Waals surface area (Å²) in [4.78, 5) is 3.45. The van der Waals surface area contributed by atoms with Crippen molar-refractivity contribution < 1.29 is 4.74 Å². The molecule has 0 aromatic heterocycles. The highest BCUT2D eigenvalue weighted by molar-refractivity contribution is 9.10. The Kier molecular flexibility index (Phi) is 3.60. The molecule has 3 aliphatic rings. The number of nitrogens with zero attached hydrogens (tertiary/aromatic N) is 1. The Morgan fingerprint density at radius 2 is 1.95 bits per heavy atom. The maximum Gasteiger partial charge on any atom is 0.127 e. The largest absolute Gasteiger partial charge is 0.493 e. The Balaban J connectivity index is 1.61. The first-order valence-electron chi connectivity index (χ1n) is 7.54. The number of piperidine rings is 1. The molecule has 3 heterocycles. The summed E-state index contributed by atoms with van der Waals surface area (Å²) in [5.41, 5.74) is 2.74. The Morgan fingerprint density at radius 3 is 2.70 bits per heavy atom. The molecule has 0 amide bonds. The lowest BCUT2D eigenvalue weighted by atomic mass is 10.0. The molecule has 4 rings (SSSR count). The first-order chi connectivity index (χ1) is 9.70. The van der Waals surface area contributed by atoms with Crippen LogP contribution in [0.5, 0.6) is 5.75 Å². The second kappa shape index (κ2) is 5.29. The van der Waals surface area contributed by atoms with E-state index in [1.165, 1.54) is 41.3 Å². The van der Waals surface area contributed by atoms with Gasteiger partial charge in [0.2, 0.25) is 0 Å². The molecule has 0 N–H and O–H groups in total. The van der Waals surface area contributed by atoms with Crippen molar-refractivity contribution in [1.82, 2.24) is 4.90 Å². The number of hydrogen-bond acceptors (Lipinski definition) is 2. The molecule has 20 heavy (non-hydrogen) atoms. The first-order valence-corrected chi connectivity index (χ1v) is 9.25. The Hall–Kier alpha value is -0.0600. The van der Waals surface area contributed by atoms with E-state index < -0.39 is 0 Å². The van der Waals surface area contributed by atoms with Gasteiger partial charge in [0.05, 0.1) is 6.61 Å². The third kappa shape index (κ3) is 2.34. The van der Waals surface area contributed by atoms with Gasteiger partial charge in [0.25, 0.3) is 0 Å². The summed E-state index contributed by atoms with van der Waals surface area (Å²) < 4.78 is 7.08. The molecule has 0 saturated carbocycles. The number of halogens is 2. The fourth-order valence-corrected chi connectivity index (χ4v) is 5.54. The van der Waals surface area contributed by atoms with Gasteiger partial charge in [-0.15, -0.1) is 0 Å². The monoisotopic (exact) mass is 399 g/mol. The Morgan fingerprint density at radius 1 is 1.20 bits per heavy atom.